The minimum absolute atomic E-state index is 0.252. The molecule has 1 aromatic carbocycles. The van der Waals surface area contributed by atoms with Gasteiger partial charge in [-0.05, 0) is 12.1 Å². The van der Waals surface area contributed by atoms with Crippen molar-refractivity contribution in [3.05, 3.63) is 35.1 Å². The second-order valence-corrected chi connectivity index (χ2v) is 2.99. The van der Waals surface area contributed by atoms with Crippen LogP contribution in [0, 0.1) is 5.82 Å². The first kappa shape index (κ1) is 13.5. The number of halogens is 7. The summed E-state index contributed by atoms with van der Waals surface area (Å²) in [5.41, 5.74) is -3.56. The molecule has 1 aromatic rings. The van der Waals surface area contributed by atoms with Crippen molar-refractivity contribution in [3.63, 3.8) is 0 Å². The smallest absolute Gasteiger partial charge is 0.284 e. The average Bonchev–Trinajstić information content (AvgIpc) is 2.13. The Morgan fingerprint density at radius 2 is 1.53 bits per heavy atom. The second-order valence-electron chi connectivity index (χ2n) is 2.99. The van der Waals surface area contributed by atoms with Gasteiger partial charge >= 0.3 is 12.4 Å². The van der Waals surface area contributed by atoms with Crippen molar-refractivity contribution in [2.75, 3.05) is 0 Å². The molecule has 0 radical (unpaired) electrons. The second kappa shape index (κ2) is 4.01. The summed E-state index contributed by atoms with van der Waals surface area (Å²) >= 11 is 0. The van der Waals surface area contributed by atoms with E-state index in [1.807, 2.05) is 0 Å². The van der Waals surface area contributed by atoms with E-state index >= 15 is 0 Å². The zero-order valence-electron chi connectivity index (χ0n) is 7.79. The average molecular weight is 260 g/mol. The normalized spacial score (nSPS) is 12.6. The van der Waals surface area contributed by atoms with Gasteiger partial charge in [0.2, 0.25) is 0 Å². The van der Waals surface area contributed by atoms with Gasteiger partial charge in [0.1, 0.15) is 5.82 Å². The van der Waals surface area contributed by atoms with Crippen LogP contribution in [0.3, 0.4) is 0 Å². The molecular weight excluding hydrogens is 257 g/mol. The van der Waals surface area contributed by atoms with Crippen molar-refractivity contribution in [1.82, 2.24) is 0 Å². The van der Waals surface area contributed by atoms with Crippen LogP contribution in [-0.2, 0) is 6.18 Å². The van der Waals surface area contributed by atoms with Crippen LogP contribution in [-0.4, -0.2) is 12.0 Å². The molecule has 0 spiro atoms. The predicted octanol–water partition coefficient (Wildman–Crippen LogP) is 3.59. The highest BCUT2D eigenvalue weighted by Crippen LogP contribution is 2.33. The number of rotatable bonds is 1. The van der Waals surface area contributed by atoms with Gasteiger partial charge in [-0.2, -0.15) is 26.3 Å². The van der Waals surface area contributed by atoms with Crippen molar-refractivity contribution < 1.29 is 35.5 Å². The Kier molecular flexibility index (Phi) is 3.17. The predicted molar refractivity (Wildman–Crippen MR) is 41.8 cm³/mol. The fourth-order valence-corrected chi connectivity index (χ4v) is 1.08. The first-order valence-electron chi connectivity index (χ1n) is 4.02. The summed E-state index contributed by atoms with van der Waals surface area (Å²) in [5.74, 6) is -4.87. The van der Waals surface area contributed by atoms with E-state index in [0.717, 1.165) is 0 Å². The molecule has 0 atom stereocenters. The Labute approximate surface area is 89.8 Å². The zero-order chi connectivity index (χ0) is 13.4. The molecule has 0 saturated heterocycles. The third-order valence-electron chi connectivity index (χ3n) is 1.81. The number of carbonyl (C=O) groups is 1. The number of Topliss-reactive ketones (excluding diaryl/α,β-unsaturated/α-hetero) is 1. The van der Waals surface area contributed by atoms with Crippen molar-refractivity contribution in [1.29, 1.82) is 0 Å². The standard InChI is InChI=1S/C9H3F7O/c10-6-4(7(17)9(14,15)16)2-1-3-5(6)8(11,12)13/h1-3H. The summed E-state index contributed by atoms with van der Waals surface area (Å²) < 4.78 is 85.4. The molecule has 1 rings (SSSR count). The molecule has 0 N–H and O–H groups in total. The summed E-state index contributed by atoms with van der Waals surface area (Å²) in [5, 5.41) is 0. The van der Waals surface area contributed by atoms with Gasteiger partial charge in [-0.15, -0.1) is 0 Å². The molecule has 0 aliphatic carbocycles. The molecule has 94 valence electrons. The summed E-state index contributed by atoms with van der Waals surface area (Å²) in [4.78, 5) is 10.6. The van der Waals surface area contributed by atoms with Crippen LogP contribution in [0.15, 0.2) is 18.2 Å². The van der Waals surface area contributed by atoms with Crippen LogP contribution in [0.1, 0.15) is 15.9 Å². The van der Waals surface area contributed by atoms with Gasteiger partial charge in [0.05, 0.1) is 11.1 Å². The van der Waals surface area contributed by atoms with E-state index in [1.165, 1.54) is 0 Å². The number of carbonyl (C=O) groups excluding carboxylic acids is 1. The van der Waals surface area contributed by atoms with E-state index < -0.39 is 35.1 Å². The fourth-order valence-electron chi connectivity index (χ4n) is 1.08. The Balaban J connectivity index is 3.35. The van der Waals surface area contributed by atoms with Crippen LogP contribution < -0.4 is 0 Å². The molecule has 0 amide bonds. The molecular formula is C9H3F7O. The molecule has 0 fully saturated rings. The summed E-state index contributed by atoms with van der Waals surface area (Å²) in [6.45, 7) is 0. The maximum Gasteiger partial charge on any atom is 0.454 e. The molecule has 0 aromatic heterocycles. The Morgan fingerprint density at radius 1 is 1.00 bits per heavy atom. The van der Waals surface area contributed by atoms with Crippen LogP contribution in [0.2, 0.25) is 0 Å². The van der Waals surface area contributed by atoms with Crippen molar-refractivity contribution in [3.8, 4) is 0 Å². The maximum atomic E-state index is 13.1. The molecule has 0 saturated carbocycles. The van der Waals surface area contributed by atoms with E-state index in [2.05, 4.69) is 0 Å². The lowest BCUT2D eigenvalue weighted by molar-refractivity contribution is -0.140. The highest BCUT2D eigenvalue weighted by atomic mass is 19.4. The van der Waals surface area contributed by atoms with Crippen LogP contribution >= 0.6 is 0 Å². The van der Waals surface area contributed by atoms with Gasteiger partial charge in [-0.1, -0.05) is 6.07 Å². The first-order chi connectivity index (χ1) is 7.55. The Morgan fingerprint density at radius 3 is 1.94 bits per heavy atom. The number of alkyl halides is 6. The number of hydrogen-bond acceptors (Lipinski definition) is 1. The SMILES string of the molecule is O=C(c1cccc(C(F)(F)F)c1F)C(F)(F)F. The van der Waals surface area contributed by atoms with Crippen molar-refractivity contribution in [2.24, 2.45) is 0 Å². The minimum Gasteiger partial charge on any atom is -0.284 e. The van der Waals surface area contributed by atoms with Crippen molar-refractivity contribution in [2.45, 2.75) is 12.4 Å². The largest absolute Gasteiger partial charge is 0.454 e. The van der Waals surface area contributed by atoms with Crippen LogP contribution in [0.25, 0.3) is 0 Å². The molecule has 0 heterocycles. The monoisotopic (exact) mass is 260 g/mol. The highest BCUT2D eigenvalue weighted by Gasteiger charge is 2.43. The fraction of sp³-hybridized carbons (Fsp3) is 0.222. The quantitative estimate of drug-likeness (QED) is 0.557. The maximum absolute atomic E-state index is 13.1. The highest BCUT2D eigenvalue weighted by molar-refractivity contribution is 6.00. The lowest BCUT2D eigenvalue weighted by atomic mass is 10.1. The van der Waals surface area contributed by atoms with E-state index in [4.69, 9.17) is 0 Å². The Bertz CT molecular complexity index is 444. The van der Waals surface area contributed by atoms with Gasteiger partial charge < -0.3 is 0 Å². The van der Waals surface area contributed by atoms with Gasteiger partial charge in [-0.3, -0.25) is 4.79 Å². The molecule has 0 bridgehead atoms. The topological polar surface area (TPSA) is 17.1 Å². The van der Waals surface area contributed by atoms with Gasteiger partial charge in [0.15, 0.2) is 0 Å². The third kappa shape index (κ3) is 2.75. The molecule has 0 aliphatic heterocycles. The van der Waals surface area contributed by atoms with E-state index in [9.17, 15) is 35.5 Å². The van der Waals surface area contributed by atoms with Gasteiger partial charge in [0, 0.05) is 0 Å². The summed E-state index contributed by atoms with van der Waals surface area (Å²) in [6.07, 6.45) is -10.6. The third-order valence-corrected chi connectivity index (χ3v) is 1.81. The molecule has 8 heteroatoms. The van der Waals surface area contributed by atoms with Crippen LogP contribution in [0.4, 0.5) is 30.7 Å². The number of ketones is 1. The molecule has 1 nitrogen and oxygen atoms in total. The van der Waals surface area contributed by atoms with E-state index in [0.29, 0.717) is 12.1 Å². The lowest BCUT2D eigenvalue weighted by Gasteiger charge is -2.11. The number of benzene rings is 1. The first-order valence-corrected chi connectivity index (χ1v) is 4.02. The summed E-state index contributed by atoms with van der Waals surface area (Å²) in [7, 11) is 0. The lowest BCUT2D eigenvalue weighted by Crippen LogP contribution is -2.25. The van der Waals surface area contributed by atoms with E-state index in [1.54, 1.807) is 0 Å². The number of hydrogen-bond donors (Lipinski definition) is 0. The van der Waals surface area contributed by atoms with Crippen molar-refractivity contribution >= 4 is 5.78 Å². The van der Waals surface area contributed by atoms with E-state index in [-0.39, 0.29) is 6.07 Å². The Hall–Kier alpha value is -1.60. The van der Waals surface area contributed by atoms with Crippen LogP contribution in [0.5, 0.6) is 0 Å². The summed E-state index contributed by atoms with van der Waals surface area (Å²) in [6, 6.07) is 1.13. The molecule has 17 heavy (non-hydrogen) atoms. The molecule has 0 unspecified atom stereocenters. The van der Waals surface area contributed by atoms with Gasteiger partial charge in [0.25, 0.3) is 5.78 Å². The van der Waals surface area contributed by atoms with Gasteiger partial charge in [-0.25, -0.2) is 4.39 Å². The zero-order valence-corrected chi connectivity index (χ0v) is 7.79. The molecule has 0 aliphatic rings. The minimum atomic E-state index is -5.43.